The monoisotopic (exact) mass is 451 g/mol. The fraction of sp³-hybridized carbons (Fsp3) is 0.0333. The largest absolute Gasteiger partial charge is 0.370 e. The summed E-state index contributed by atoms with van der Waals surface area (Å²) in [5, 5.41) is 10.3. The highest BCUT2D eigenvalue weighted by Gasteiger charge is 2.31. The molecular formula is C30H17N3S. The third-order valence-corrected chi connectivity index (χ3v) is 8.72. The van der Waals surface area contributed by atoms with Gasteiger partial charge in [-0.3, -0.25) is 4.40 Å². The van der Waals surface area contributed by atoms with E-state index in [0.29, 0.717) is 0 Å². The summed E-state index contributed by atoms with van der Waals surface area (Å²) in [6.07, 6.45) is 4.45. The van der Waals surface area contributed by atoms with E-state index in [4.69, 9.17) is 4.99 Å². The van der Waals surface area contributed by atoms with Gasteiger partial charge in [-0.05, 0) is 11.6 Å². The maximum Gasteiger partial charge on any atom is 0.162 e. The predicted molar refractivity (Wildman–Crippen MR) is 146 cm³/mol. The number of fused-ring (bicyclic) bond motifs is 13. The van der Waals surface area contributed by atoms with Crippen LogP contribution in [-0.2, 0) is 0 Å². The molecule has 1 aliphatic heterocycles. The van der Waals surface area contributed by atoms with E-state index in [9.17, 15) is 0 Å². The molecule has 0 bridgehead atoms. The zero-order chi connectivity index (χ0) is 22.0. The van der Waals surface area contributed by atoms with Gasteiger partial charge in [-0.1, -0.05) is 84.9 Å². The minimum Gasteiger partial charge on any atom is -0.370 e. The van der Waals surface area contributed by atoms with Crippen molar-refractivity contribution < 1.29 is 0 Å². The highest BCUT2D eigenvalue weighted by atomic mass is 32.1. The lowest BCUT2D eigenvalue weighted by molar-refractivity contribution is 1.10. The van der Waals surface area contributed by atoms with Crippen molar-refractivity contribution in [2.24, 2.45) is 4.99 Å². The molecule has 4 heterocycles. The van der Waals surface area contributed by atoms with Gasteiger partial charge in [0.1, 0.15) is 0 Å². The lowest BCUT2D eigenvalue weighted by atomic mass is 9.91. The lowest BCUT2D eigenvalue weighted by Gasteiger charge is -2.27. The van der Waals surface area contributed by atoms with Gasteiger partial charge in [-0.2, -0.15) is 0 Å². The number of anilines is 1. The normalized spacial score (nSPS) is 16.8. The quantitative estimate of drug-likeness (QED) is 0.249. The highest BCUT2D eigenvalue weighted by molar-refractivity contribution is 7.26. The number of aliphatic imine (C=N–C) groups is 1. The fourth-order valence-electron chi connectivity index (χ4n) is 6.07. The number of thiophene rings is 1. The highest BCUT2D eigenvalue weighted by Crippen LogP contribution is 2.49. The second-order valence-electron chi connectivity index (χ2n) is 9.24. The van der Waals surface area contributed by atoms with Crippen LogP contribution >= 0.6 is 11.3 Å². The van der Waals surface area contributed by atoms with Crippen LogP contribution in [0.1, 0.15) is 11.1 Å². The standard InChI is InChI=1S/C30H17N3S/c1-2-7-17-16(6-1)12-15-23-25(17)32-30-26(31-23)22-10-5-9-19-20-13-14-21-18-8-3-4-11-24(18)34-29(21)28(20)33(30)27(19)22/h1-15,23,31H. The molecule has 1 aliphatic carbocycles. The van der Waals surface area contributed by atoms with Crippen molar-refractivity contribution in [2.45, 2.75) is 6.04 Å². The Kier molecular flexibility index (Phi) is 2.98. The molecule has 1 atom stereocenters. The number of aromatic nitrogens is 1. The minimum absolute atomic E-state index is 0.0871. The summed E-state index contributed by atoms with van der Waals surface area (Å²) in [6, 6.07) is 28.6. The smallest absolute Gasteiger partial charge is 0.162 e. The van der Waals surface area contributed by atoms with Gasteiger partial charge >= 0.3 is 0 Å². The molecule has 0 fully saturated rings. The van der Waals surface area contributed by atoms with Crippen LogP contribution in [0.5, 0.6) is 0 Å². The Labute approximate surface area is 198 Å². The van der Waals surface area contributed by atoms with Gasteiger partial charge in [0, 0.05) is 37.2 Å². The van der Waals surface area contributed by atoms with E-state index in [1.165, 1.54) is 58.5 Å². The van der Waals surface area contributed by atoms with Gasteiger partial charge in [-0.25, -0.2) is 4.99 Å². The molecule has 4 heteroatoms. The molecule has 7 aromatic rings. The number of nitrogens with zero attached hydrogens (tertiary/aromatic N) is 2. The van der Waals surface area contributed by atoms with Crippen LogP contribution in [-0.4, -0.2) is 16.2 Å². The Bertz CT molecular complexity index is 2050. The summed E-state index contributed by atoms with van der Waals surface area (Å²) in [5.41, 5.74) is 7.22. The Hall–Kier alpha value is -4.15. The second-order valence-corrected chi connectivity index (χ2v) is 10.3. The zero-order valence-corrected chi connectivity index (χ0v) is 18.9. The van der Waals surface area contributed by atoms with Crippen LogP contribution in [0.15, 0.2) is 89.9 Å². The summed E-state index contributed by atoms with van der Waals surface area (Å²) in [5.74, 6) is 1.02. The van der Waals surface area contributed by atoms with Crippen molar-refractivity contribution in [1.29, 1.82) is 0 Å². The molecule has 0 radical (unpaired) electrons. The van der Waals surface area contributed by atoms with Crippen LogP contribution in [0.25, 0.3) is 53.4 Å². The minimum atomic E-state index is 0.0871. The summed E-state index contributed by atoms with van der Waals surface area (Å²) in [7, 11) is 0. The van der Waals surface area contributed by atoms with Crippen molar-refractivity contribution >= 4 is 82.0 Å². The first kappa shape index (κ1) is 17.3. The number of nitrogens with one attached hydrogen (secondary N) is 1. The lowest BCUT2D eigenvalue weighted by Crippen LogP contribution is -2.33. The SMILES string of the molecule is C1=CC2Nc3c(n4c5c3cccc5c3ccc5c6ccccc6sc5c34)N=C2c2ccccc21. The number of hydrogen-bond donors (Lipinski definition) is 1. The van der Waals surface area contributed by atoms with Crippen molar-refractivity contribution in [2.75, 3.05) is 5.32 Å². The van der Waals surface area contributed by atoms with Crippen LogP contribution in [0.3, 0.4) is 0 Å². The molecule has 1 N–H and O–H groups in total. The van der Waals surface area contributed by atoms with Gasteiger partial charge in [0.25, 0.3) is 0 Å². The van der Waals surface area contributed by atoms with E-state index in [1.807, 2.05) is 11.3 Å². The topological polar surface area (TPSA) is 28.8 Å². The van der Waals surface area contributed by atoms with E-state index in [2.05, 4.69) is 101 Å². The Balaban J connectivity index is 1.49. The first-order valence-electron chi connectivity index (χ1n) is 11.6. The Morgan fingerprint density at radius 3 is 2.53 bits per heavy atom. The molecule has 4 aromatic carbocycles. The molecule has 9 rings (SSSR count). The third-order valence-electron chi connectivity index (χ3n) is 7.52. The number of para-hydroxylation sites is 1. The van der Waals surface area contributed by atoms with Crippen molar-refractivity contribution in [3.05, 3.63) is 96.1 Å². The van der Waals surface area contributed by atoms with Gasteiger partial charge < -0.3 is 5.32 Å². The molecular weight excluding hydrogens is 434 g/mol. The predicted octanol–water partition coefficient (Wildman–Crippen LogP) is 7.99. The summed E-state index contributed by atoms with van der Waals surface area (Å²) >= 11 is 1.89. The number of benzene rings is 4. The molecule has 3 aromatic heterocycles. The van der Waals surface area contributed by atoms with E-state index in [1.54, 1.807) is 0 Å². The fourth-order valence-corrected chi connectivity index (χ4v) is 7.31. The number of rotatable bonds is 0. The van der Waals surface area contributed by atoms with Crippen molar-refractivity contribution in [3.8, 4) is 0 Å². The van der Waals surface area contributed by atoms with E-state index in [-0.39, 0.29) is 6.04 Å². The molecule has 34 heavy (non-hydrogen) atoms. The number of hydrogen-bond acceptors (Lipinski definition) is 3. The molecule has 1 unspecified atom stereocenters. The van der Waals surface area contributed by atoms with Crippen LogP contribution in [0.2, 0.25) is 0 Å². The van der Waals surface area contributed by atoms with Crippen molar-refractivity contribution in [1.82, 2.24) is 4.40 Å². The van der Waals surface area contributed by atoms with Gasteiger partial charge in [0.2, 0.25) is 0 Å². The van der Waals surface area contributed by atoms with E-state index in [0.717, 1.165) is 17.2 Å². The van der Waals surface area contributed by atoms with E-state index < -0.39 is 0 Å². The summed E-state index contributed by atoms with van der Waals surface area (Å²) in [4.78, 5) is 5.38. The van der Waals surface area contributed by atoms with Crippen LogP contribution in [0, 0.1) is 0 Å². The average molecular weight is 452 g/mol. The van der Waals surface area contributed by atoms with Gasteiger partial charge in [0.05, 0.1) is 33.2 Å². The van der Waals surface area contributed by atoms with Gasteiger partial charge in [0.15, 0.2) is 5.82 Å². The van der Waals surface area contributed by atoms with Gasteiger partial charge in [-0.15, -0.1) is 11.3 Å². The molecule has 0 amide bonds. The molecule has 2 aliphatic rings. The third kappa shape index (κ3) is 1.94. The van der Waals surface area contributed by atoms with E-state index >= 15 is 0 Å². The summed E-state index contributed by atoms with van der Waals surface area (Å²) in [6.45, 7) is 0. The molecule has 3 nitrogen and oxygen atoms in total. The average Bonchev–Trinajstić information content (AvgIpc) is 3.54. The maximum absolute atomic E-state index is 5.38. The van der Waals surface area contributed by atoms with Crippen LogP contribution in [0.4, 0.5) is 11.5 Å². The zero-order valence-electron chi connectivity index (χ0n) is 18.0. The first-order chi connectivity index (χ1) is 16.9. The second kappa shape index (κ2) is 5.85. The molecule has 0 saturated heterocycles. The summed E-state index contributed by atoms with van der Waals surface area (Å²) < 4.78 is 5.08. The van der Waals surface area contributed by atoms with Crippen molar-refractivity contribution in [3.63, 3.8) is 0 Å². The molecule has 158 valence electrons. The first-order valence-corrected chi connectivity index (χ1v) is 12.4. The molecule has 0 spiro atoms. The molecule has 0 saturated carbocycles. The Morgan fingerprint density at radius 1 is 0.735 bits per heavy atom. The Morgan fingerprint density at radius 2 is 1.53 bits per heavy atom. The maximum atomic E-state index is 5.38. The van der Waals surface area contributed by atoms with Crippen LogP contribution < -0.4 is 5.32 Å².